The maximum absolute atomic E-state index is 12.3. The van der Waals surface area contributed by atoms with E-state index in [2.05, 4.69) is 15.5 Å². The maximum atomic E-state index is 12.3. The smallest absolute Gasteiger partial charge is 0.244 e. The summed E-state index contributed by atoms with van der Waals surface area (Å²) in [6.45, 7) is 3.02. The van der Waals surface area contributed by atoms with Crippen LogP contribution < -0.4 is 10.5 Å². The number of aromatic nitrogens is 4. The van der Waals surface area contributed by atoms with Crippen molar-refractivity contribution in [3.8, 4) is 5.75 Å². The van der Waals surface area contributed by atoms with Gasteiger partial charge in [0.25, 0.3) is 0 Å². The molecule has 0 saturated carbocycles. The molecule has 0 aliphatic heterocycles. The number of carbonyl (C=O) groups is 1. The molecule has 1 aromatic carbocycles. The highest BCUT2D eigenvalue weighted by Gasteiger charge is 2.15. The third-order valence-electron chi connectivity index (χ3n) is 3.09. The second-order valence-corrected chi connectivity index (χ2v) is 4.45. The Hall–Kier alpha value is -2.64. The van der Waals surface area contributed by atoms with Crippen molar-refractivity contribution in [3.63, 3.8) is 0 Å². The summed E-state index contributed by atoms with van der Waals surface area (Å²) in [4.78, 5) is 14.0. The molecule has 0 unspecified atom stereocenters. The van der Waals surface area contributed by atoms with Gasteiger partial charge in [-0.3, -0.25) is 4.79 Å². The predicted octanol–water partition coefficient (Wildman–Crippen LogP) is 0.313. The number of carbonyl (C=O) groups excluding carboxylic acids is 1. The normalized spacial score (nSPS) is 10.4. The van der Waals surface area contributed by atoms with E-state index in [0.29, 0.717) is 13.1 Å². The quantitative estimate of drug-likeness (QED) is 0.822. The molecule has 0 aliphatic carbocycles. The monoisotopic (exact) mass is 290 g/mol. The Labute approximate surface area is 122 Å². The van der Waals surface area contributed by atoms with E-state index in [-0.39, 0.29) is 18.4 Å². The average Bonchev–Trinajstić information content (AvgIpc) is 2.90. The highest BCUT2D eigenvalue weighted by molar-refractivity contribution is 5.76. The van der Waals surface area contributed by atoms with Crippen LogP contribution in [0.2, 0.25) is 0 Å². The van der Waals surface area contributed by atoms with E-state index in [9.17, 15) is 4.79 Å². The Morgan fingerprint density at radius 2 is 2.29 bits per heavy atom. The highest BCUT2D eigenvalue weighted by atomic mass is 16.5. The van der Waals surface area contributed by atoms with Gasteiger partial charge < -0.3 is 15.4 Å². The first-order valence-electron chi connectivity index (χ1n) is 6.56. The van der Waals surface area contributed by atoms with Crippen LogP contribution in [-0.2, 0) is 17.9 Å². The number of hydrogen-bond donors (Lipinski definition) is 1. The molecule has 2 aromatic rings. The fraction of sp³-hybridized carbons (Fsp3) is 0.385. The third-order valence-corrected chi connectivity index (χ3v) is 3.09. The number of methoxy groups -OCH3 is 1. The Balaban J connectivity index is 2.05. The standard InChI is InChI=1S/C13H18N6O2/c1-3-18(8-10-5-4-6-11(7-10)21-2)12(20)9-19-13(14)15-16-17-19/h4-7H,3,8-9H2,1-2H3,(H2,14,15,17). The molecule has 8 nitrogen and oxygen atoms in total. The second kappa shape index (κ2) is 6.69. The van der Waals surface area contributed by atoms with E-state index in [4.69, 9.17) is 10.5 Å². The van der Waals surface area contributed by atoms with Gasteiger partial charge in [-0.1, -0.05) is 17.2 Å². The molecule has 1 amide bonds. The van der Waals surface area contributed by atoms with Crippen LogP contribution in [0, 0.1) is 0 Å². The molecular formula is C13H18N6O2. The third kappa shape index (κ3) is 3.68. The predicted molar refractivity (Wildman–Crippen MR) is 76.3 cm³/mol. The van der Waals surface area contributed by atoms with Crippen LogP contribution in [0.1, 0.15) is 12.5 Å². The molecule has 112 valence electrons. The summed E-state index contributed by atoms with van der Waals surface area (Å²) < 4.78 is 6.46. The minimum Gasteiger partial charge on any atom is -0.497 e. The van der Waals surface area contributed by atoms with Gasteiger partial charge in [0.2, 0.25) is 11.9 Å². The molecular weight excluding hydrogens is 272 g/mol. The first kappa shape index (κ1) is 14.8. The van der Waals surface area contributed by atoms with Gasteiger partial charge in [0.15, 0.2) is 0 Å². The number of tetrazole rings is 1. The Kier molecular flexibility index (Phi) is 4.70. The van der Waals surface area contributed by atoms with Crippen LogP contribution in [0.3, 0.4) is 0 Å². The molecule has 2 N–H and O–H groups in total. The molecule has 1 aromatic heterocycles. The first-order valence-corrected chi connectivity index (χ1v) is 6.56. The van der Waals surface area contributed by atoms with Crippen molar-refractivity contribution < 1.29 is 9.53 Å². The summed E-state index contributed by atoms with van der Waals surface area (Å²) in [5, 5.41) is 10.6. The molecule has 0 bridgehead atoms. The number of hydrogen-bond acceptors (Lipinski definition) is 6. The molecule has 2 rings (SSSR count). The first-order chi connectivity index (χ1) is 10.1. The number of likely N-dealkylation sites (N-methyl/N-ethyl adjacent to an activating group) is 1. The molecule has 0 fully saturated rings. The Morgan fingerprint density at radius 1 is 1.48 bits per heavy atom. The molecule has 21 heavy (non-hydrogen) atoms. The molecule has 0 saturated heterocycles. The van der Waals surface area contributed by atoms with E-state index < -0.39 is 0 Å². The van der Waals surface area contributed by atoms with Crippen molar-refractivity contribution in [1.82, 2.24) is 25.1 Å². The van der Waals surface area contributed by atoms with E-state index in [1.807, 2.05) is 31.2 Å². The average molecular weight is 290 g/mol. The van der Waals surface area contributed by atoms with Gasteiger partial charge in [-0.2, -0.15) is 0 Å². The summed E-state index contributed by atoms with van der Waals surface area (Å²) in [6.07, 6.45) is 0. The van der Waals surface area contributed by atoms with E-state index in [0.717, 1.165) is 11.3 Å². The molecule has 0 radical (unpaired) electrons. The highest BCUT2D eigenvalue weighted by Crippen LogP contribution is 2.14. The van der Waals surface area contributed by atoms with Crippen molar-refractivity contribution in [2.24, 2.45) is 0 Å². The topological polar surface area (TPSA) is 99.2 Å². The molecule has 0 spiro atoms. The summed E-state index contributed by atoms with van der Waals surface area (Å²) in [7, 11) is 1.61. The van der Waals surface area contributed by atoms with Crippen LogP contribution in [0.4, 0.5) is 5.95 Å². The van der Waals surface area contributed by atoms with Gasteiger partial charge in [-0.05, 0) is 35.0 Å². The number of benzene rings is 1. The molecule has 8 heteroatoms. The van der Waals surface area contributed by atoms with E-state index in [1.165, 1.54) is 4.68 Å². The number of ether oxygens (including phenoxy) is 1. The maximum Gasteiger partial charge on any atom is 0.244 e. The SMILES string of the molecule is CCN(Cc1cccc(OC)c1)C(=O)Cn1nnnc1N. The van der Waals surface area contributed by atoms with Crippen molar-refractivity contribution in [2.75, 3.05) is 19.4 Å². The van der Waals surface area contributed by atoms with Gasteiger partial charge in [-0.15, -0.1) is 0 Å². The van der Waals surface area contributed by atoms with Gasteiger partial charge in [0.05, 0.1) is 7.11 Å². The molecule has 1 heterocycles. The number of nitrogens with two attached hydrogens (primary N) is 1. The van der Waals surface area contributed by atoms with Crippen molar-refractivity contribution in [2.45, 2.75) is 20.0 Å². The number of nitrogen functional groups attached to an aromatic ring is 1. The van der Waals surface area contributed by atoms with Crippen LogP contribution in [0.25, 0.3) is 0 Å². The lowest BCUT2D eigenvalue weighted by Gasteiger charge is -2.21. The van der Waals surface area contributed by atoms with Gasteiger partial charge in [0, 0.05) is 13.1 Å². The second-order valence-electron chi connectivity index (χ2n) is 4.45. The molecule has 0 aliphatic rings. The molecule has 0 atom stereocenters. The lowest BCUT2D eigenvalue weighted by atomic mass is 10.2. The van der Waals surface area contributed by atoms with Crippen LogP contribution in [-0.4, -0.2) is 44.7 Å². The summed E-state index contributed by atoms with van der Waals surface area (Å²) in [5.41, 5.74) is 6.56. The largest absolute Gasteiger partial charge is 0.497 e. The summed E-state index contributed by atoms with van der Waals surface area (Å²) in [6, 6.07) is 7.61. The fourth-order valence-corrected chi connectivity index (χ4v) is 1.92. The van der Waals surface area contributed by atoms with Gasteiger partial charge in [-0.25, -0.2) is 4.68 Å². The number of anilines is 1. The van der Waals surface area contributed by atoms with Crippen molar-refractivity contribution >= 4 is 11.9 Å². The van der Waals surface area contributed by atoms with E-state index in [1.54, 1.807) is 12.0 Å². The van der Waals surface area contributed by atoms with Crippen LogP contribution in [0.5, 0.6) is 5.75 Å². The van der Waals surface area contributed by atoms with Gasteiger partial charge >= 0.3 is 0 Å². The van der Waals surface area contributed by atoms with E-state index >= 15 is 0 Å². The lowest BCUT2D eigenvalue weighted by molar-refractivity contribution is -0.132. The fourth-order valence-electron chi connectivity index (χ4n) is 1.92. The number of nitrogens with zero attached hydrogens (tertiary/aromatic N) is 5. The zero-order valence-electron chi connectivity index (χ0n) is 12.1. The van der Waals surface area contributed by atoms with Crippen LogP contribution >= 0.6 is 0 Å². The Morgan fingerprint density at radius 3 is 2.90 bits per heavy atom. The number of amides is 1. The minimum atomic E-state index is -0.0979. The zero-order valence-corrected chi connectivity index (χ0v) is 12.1. The van der Waals surface area contributed by atoms with Crippen LogP contribution in [0.15, 0.2) is 24.3 Å². The lowest BCUT2D eigenvalue weighted by Crippen LogP contribution is -2.33. The Bertz CT molecular complexity index is 612. The minimum absolute atomic E-state index is 0.0244. The number of rotatable bonds is 6. The van der Waals surface area contributed by atoms with Crippen molar-refractivity contribution in [3.05, 3.63) is 29.8 Å². The summed E-state index contributed by atoms with van der Waals surface area (Å²) >= 11 is 0. The van der Waals surface area contributed by atoms with Crippen molar-refractivity contribution in [1.29, 1.82) is 0 Å². The van der Waals surface area contributed by atoms with Gasteiger partial charge in [0.1, 0.15) is 12.3 Å². The zero-order chi connectivity index (χ0) is 15.2. The summed E-state index contributed by atoms with van der Waals surface area (Å²) in [5.74, 6) is 0.792.